The third kappa shape index (κ3) is 2.14. The number of nitrogens with two attached hydrogens (primary N) is 1. The summed E-state index contributed by atoms with van der Waals surface area (Å²) in [6.45, 7) is 5.59. The number of carbonyl (C=O) groups is 1. The van der Waals surface area contributed by atoms with E-state index in [1.54, 1.807) is 0 Å². The molecular weight excluding hydrogens is 194 g/mol. The number of primary amides is 1. The summed E-state index contributed by atoms with van der Waals surface area (Å²) in [4.78, 5) is 13.2. The molecule has 0 radical (unpaired) electrons. The largest absolute Gasteiger partial charge is 0.374 e. The molecule has 5 nitrogen and oxygen atoms in total. The summed E-state index contributed by atoms with van der Waals surface area (Å²) < 4.78 is 5.67. The summed E-state index contributed by atoms with van der Waals surface area (Å²) in [7, 11) is 0. The van der Waals surface area contributed by atoms with E-state index in [9.17, 15) is 4.79 Å². The molecule has 2 heterocycles. The quantitative estimate of drug-likeness (QED) is 0.626. The lowest BCUT2D eigenvalue weighted by atomic mass is 9.97. The summed E-state index contributed by atoms with van der Waals surface area (Å²) in [6, 6.07) is 0.189. The maximum atomic E-state index is 11.1. The number of hydrogen-bond donors (Lipinski definition) is 2. The first-order valence-corrected chi connectivity index (χ1v) is 5.57. The van der Waals surface area contributed by atoms with E-state index >= 15 is 0 Å². The molecule has 3 atom stereocenters. The number of nitrogens with one attached hydrogen (secondary N) is 1. The maximum Gasteiger partial charge on any atom is 0.234 e. The number of amides is 1. The van der Waals surface area contributed by atoms with E-state index in [1.807, 2.05) is 0 Å². The van der Waals surface area contributed by atoms with Crippen molar-refractivity contribution in [1.29, 1.82) is 0 Å². The summed E-state index contributed by atoms with van der Waals surface area (Å²) in [5, 5.41) is 3.30. The number of nitrogens with zero attached hydrogens (tertiary/aromatic N) is 1. The second-order valence-electron chi connectivity index (χ2n) is 4.30. The Morgan fingerprint density at radius 3 is 2.93 bits per heavy atom. The fourth-order valence-corrected chi connectivity index (χ4v) is 2.31. The van der Waals surface area contributed by atoms with Crippen LogP contribution in [0.15, 0.2) is 0 Å². The van der Waals surface area contributed by atoms with Crippen molar-refractivity contribution in [2.45, 2.75) is 31.5 Å². The average molecular weight is 213 g/mol. The molecule has 2 fully saturated rings. The Morgan fingerprint density at radius 2 is 2.47 bits per heavy atom. The SMILES string of the molecule is CC(C1CNCCO1)N1CCC1C(N)=O. The van der Waals surface area contributed by atoms with E-state index in [1.165, 1.54) is 0 Å². The summed E-state index contributed by atoms with van der Waals surface area (Å²) in [5.41, 5.74) is 5.32. The van der Waals surface area contributed by atoms with Crippen LogP contribution in [0.2, 0.25) is 0 Å². The van der Waals surface area contributed by atoms with Gasteiger partial charge in [-0.25, -0.2) is 0 Å². The van der Waals surface area contributed by atoms with E-state index in [0.717, 1.165) is 32.7 Å². The van der Waals surface area contributed by atoms with Crippen LogP contribution in [0.1, 0.15) is 13.3 Å². The highest BCUT2D eigenvalue weighted by Crippen LogP contribution is 2.23. The molecule has 0 aromatic rings. The number of hydrogen-bond acceptors (Lipinski definition) is 4. The van der Waals surface area contributed by atoms with Gasteiger partial charge in [-0.3, -0.25) is 9.69 Å². The number of rotatable bonds is 3. The summed E-state index contributed by atoms with van der Waals surface area (Å²) in [5.74, 6) is -0.211. The maximum absolute atomic E-state index is 11.1. The average Bonchev–Trinajstić information content (AvgIpc) is 2.16. The van der Waals surface area contributed by atoms with Crippen LogP contribution in [0.3, 0.4) is 0 Å². The van der Waals surface area contributed by atoms with Crippen LogP contribution in [-0.2, 0) is 9.53 Å². The van der Waals surface area contributed by atoms with Gasteiger partial charge in [0.15, 0.2) is 0 Å². The molecule has 0 aliphatic carbocycles. The monoisotopic (exact) mass is 213 g/mol. The van der Waals surface area contributed by atoms with Crippen molar-refractivity contribution in [1.82, 2.24) is 10.2 Å². The minimum absolute atomic E-state index is 0.0782. The molecule has 2 rings (SSSR count). The lowest BCUT2D eigenvalue weighted by Gasteiger charge is -2.46. The van der Waals surface area contributed by atoms with Gasteiger partial charge in [0.05, 0.1) is 18.8 Å². The molecule has 0 saturated carbocycles. The van der Waals surface area contributed by atoms with Crippen LogP contribution in [0, 0.1) is 0 Å². The second kappa shape index (κ2) is 4.47. The molecule has 0 spiro atoms. The Balaban J connectivity index is 1.89. The lowest BCUT2D eigenvalue weighted by molar-refractivity contribution is -0.133. The molecule has 3 N–H and O–H groups in total. The van der Waals surface area contributed by atoms with Gasteiger partial charge in [0, 0.05) is 25.7 Å². The number of ether oxygens (including phenoxy) is 1. The zero-order valence-corrected chi connectivity index (χ0v) is 9.11. The highest BCUT2D eigenvalue weighted by Gasteiger charge is 2.39. The van der Waals surface area contributed by atoms with Gasteiger partial charge in [0.25, 0.3) is 0 Å². The van der Waals surface area contributed by atoms with Crippen LogP contribution in [0.5, 0.6) is 0 Å². The fourth-order valence-electron chi connectivity index (χ4n) is 2.31. The smallest absolute Gasteiger partial charge is 0.234 e. The molecular formula is C10H19N3O2. The molecule has 2 aliphatic heterocycles. The van der Waals surface area contributed by atoms with Gasteiger partial charge in [-0.15, -0.1) is 0 Å². The third-order valence-electron chi connectivity index (χ3n) is 3.41. The Hall–Kier alpha value is -0.650. The summed E-state index contributed by atoms with van der Waals surface area (Å²) >= 11 is 0. The van der Waals surface area contributed by atoms with Crippen LogP contribution in [0.4, 0.5) is 0 Å². The van der Waals surface area contributed by atoms with Gasteiger partial charge in [-0.2, -0.15) is 0 Å². The standard InChI is InChI=1S/C10H19N3O2/c1-7(9-6-12-3-5-15-9)13-4-2-8(13)10(11)14/h7-9,12H,2-6H2,1H3,(H2,11,14). The number of likely N-dealkylation sites (tertiary alicyclic amines) is 1. The van der Waals surface area contributed by atoms with Gasteiger partial charge in [0.2, 0.25) is 5.91 Å². The van der Waals surface area contributed by atoms with E-state index in [0.29, 0.717) is 0 Å². The van der Waals surface area contributed by atoms with Crippen molar-refractivity contribution in [2.75, 3.05) is 26.2 Å². The Bertz CT molecular complexity index is 241. The molecule has 2 saturated heterocycles. The Morgan fingerprint density at radius 1 is 1.67 bits per heavy atom. The first kappa shape index (κ1) is 10.9. The van der Waals surface area contributed by atoms with Crippen LogP contribution < -0.4 is 11.1 Å². The first-order valence-electron chi connectivity index (χ1n) is 5.57. The normalized spacial score (nSPS) is 34.5. The van der Waals surface area contributed by atoms with Crippen molar-refractivity contribution in [3.05, 3.63) is 0 Å². The number of morpholine rings is 1. The zero-order valence-electron chi connectivity index (χ0n) is 9.11. The van der Waals surface area contributed by atoms with Crippen molar-refractivity contribution in [3.8, 4) is 0 Å². The zero-order chi connectivity index (χ0) is 10.8. The highest BCUT2D eigenvalue weighted by atomic mass is 16.5. The van der Waals surface area contributed by atoms with Crippen LogP contribution in [0.25, 0.3) is 0 Å². The minimum atomic E-state index is -0.211. The van der Waals surface area contributed by atoms with Gasteiger partial charge in [0.1, 0.15) is 0 Å². The highest BCUT2D eigenvalue weighted by molar-refractivity contribution is 5.80. The van der Waals surface area contributed by atoms with Gasteiger partial charge >= 0.3 is 0 Å². The second-order valence-corrected chi connectivity index (χ2v) is 4.30. The van der Waals surface area contributed by atoms with Gasteiger partial charge < -0.3 is 15.8 Å². The molecule has 1 amide bonds. The van der Waals surface area contributed by atoms with Gasteiger partial charge in [-0.1, -0.05) is 0 Å². The van der Waals surface area contributed by atoms with E-state index < -0.39 is 0 Å². The molecule has 5 heteroatoms. The van der Waals surface area contributed by atoms with Crippen LogP contribution in [-0.4, -0.2) is 55.2 Å². The van der Waals surface area contributed by atoms with E-state index in [-0.39, 0.29) is 24.1 Å². The van der Waals surface area contributed by atoms with Crippen molar-refractivity contribution in [3.63, 3.8) is 0 Å². The summed E-state index contributed by atoms with van der Waals surface area (Å²) in [6.07, 6.45) is 1.07. The third-order valence-corrected chi connectivity index (χ3v) is 3.41. The van der Waals surface area contributed by atoms with Crippen molar-refractivity contribution in [2.24, 2.45) is 5.73 Å². The molecule has 15 heavy (non-hydrogen) atoms. The van der Waals surface area contributed by atoms with E-state index in [4.69, 9.17) is 10.5 Å². The van der Waals surface area contributed by atoms with E-state index in [2.05, 4.69) is 17.1 Å². The predicted molar refractivity (Wildman–Crippen MR) is 56.4 cm³/mol. The molecule has 0 aromatic carbocycles. The van der Waals surface area contributed by atoms with Crippen molar-refractivity contribution < 1.29 is 9.53 Å². The van der Waals surface area contributed by atoms with Crippen LogP contribution >= 0.6 is 0 Å². The topological polar surface area (TPSA) is 67.6 Å². The molecule has 0 bridgehead atoms. The molecule has 2 aliphatic rings. The molecule has 0 aromatic heterocycles. The predicted octanol–water partition coefficient (Wildman–Crippen LogP) is -1.08. The Kier molecular flexibility index (Phi) is 3.23. The molecule has 3 unspecified atom stereocenters. The van der Waals surface area contributed by atoms with Gasteiger partial charge in [-0.05, 0) is 13.3 Å². The molecule has 86 valence electrons. The fraction of sp³-hybridized carbons (Fsp3) is 0.900. The lowest BCUT2D eigenvalue weighted by Crippen LogP contribution is -2.62. The Labute approximate surface area is 89.9 Å². The first-order chi connectivity index (χ1) is 7.20. The van der Waals surface area contributed by atoms with Crippen molar-refractivity contribution >= 4 is 5.91 Å². The minimum Gasteiger partial charge on any atom is -0.374 e. The number of carbonyl (C=O) groups excluding carboxylic acids is 1.